The van der Waals surface area contributed by atoms with Gasteiger partial charge in [-0.05, 0) is 69.0 Å². The average Bonchev–Trinajstić information content (AvgIpc) is 2.77. The molecule has 7 nitrogen and oxygen atoms in total. The molecule has 2 aromatic rings. The van der Waals surface area contributed by atoms with E-state index < -0.39 is 28.5 Å². The second-order valence-electron chi connectivity index (χ2n) is 8.65. The zero-order valence-corrected chi connectivity index (χ0v) is 23.0. The number of sulfonamides is 1. The predicted octanol–water partition coefficient (Wildman–Crippen LogP) is 4.16. The van der Waals surface area contributed by atoms with Crippen LogP contribution in [0.2, 0.25) is 0 Å². The van der Waals surface area contributed by atoms with Gasteiger partial charge in [0, 0.05) is 17.1 Å². The normalized spacial score (nSPS) is 13.1. The number of hydrogen-bond donors (Lipinski definition) is 1. The number of nitrogens with zero attached hydrogens (tertiary/aromatic N) is 2. The summed E-state index contributed by atoms with van der Waals surface area (Å²) < 4.78 is 27.2. The minimum atomic E-state index is -3.76. The van der Waals surface area contributed by atoms with Crippen molar-refractivity contribution in [3.05, 3.63) is 63.6 Å². The summed E-state index contributed by atoms with van der Waals surface area (Å²) in [5.41, 5.74) is 3.11. The molecule has 0 aromatic heterocycles. The Hall–Kier alpha value is -2.39. The van der Waals surface area contributed by atoms with E-state index in [4.69, 9.17) is 0 Å². The topological polar surface area (TPSA) is 86.8 Å². The van der Waals surface area contributed by atoms with Gasteiger partial charge in [-0.3, -0.25) is 13.9 Å². The molecule has 0 saturated carbocycles. The van der Waals surface area contributed by atoms with E-state index >= 15 is 0 Å². The number of anilines is 1. The van der Waals surface area contributed by atoms with Gasteiger partial charge in [-0.15, -0.1) is 0 Å². The fourth-order valence-corrected chi connectivity index (χ4v) is 4.50. The van der Waals surface area contributed by atoms with Crippen molar-refractivity contribution < 1.29 is 18.0 Å². The van der Waals surface area contributed by atoms with E-state index in [0.717, 1.165) is 38.1 Å². The molecule has 0 saturated heterocycles. The molecule has 0 heterocycles. The molecule has 0 aliphatic rings. The molecule has 0 aliphatic heterocycles. The predicted molar refractivity (Wildman–Crippen MR) is 140 cm³/mol. The molecule has 2 amide bonds. The van der Waals surface area contributed by atoms with Crippen molar-refractivity contribution in [2.24, 2.45) is 0 Å². The Kier molecular flexibility index (Phi) is 9.70. The van der Waals surface area contributed by atoms with Crippen molar-refractivity contribution >= 4 is 43.5 Å². The van der Waals surface area contributed by atoms with Gasteiger partial charge in [-0.25, -0.2) is 8.42 Å². The lowest BCUT2D eigenvalue weighted by atomic mass is 10.1. The lowest BCUT2D eigenvalue weighted by Crippen LogP contribution is -2.52. The van der Waals surface area contributed by atoms with Crippen LogP contribution in [-0.2, 0) is 26.2 Å². The summed E-state index contributed by atoms with van der Waals surface area (Å²) in [5, 5.41) is 2.92. The fraction of sp³-hybridized carbons (Fsp3) is 0.440. The molecular weight excluding hydrogens is 518 g/mol. The molecule has 0 aliphatic carbocycles. The number of carbonyl (C=O) groups is 2. The Balaban J connectivity index is 2.42. The lowest BCUT2D eigenvalue weighted by Gasteiger charge is -2.32. The maximum atomic E-state index is 13.6. The van der Waals surface area contributed by atoms with Gasteiger partial charge >= 0.3 is 0 Å². The van der Waals surface area contributed by atoms with E-state index in [2.05, 4.69) is 21.2 Å². The van der Waals surface area contributed by atoms with Crippen molar-refractivity contribution in [3.8, 4) is 0 Å². The highest BCUT2D eigenvalue weighted by Crippen LogP contribution is 2.25. The molecule has 0 bridgehead atoms. The summed E-state index contributed by atoms with van der Waals surface area (Å²) in [5.74, 6) is -0.734. The highest BCUT2D eigenvalue weighted by Gasteiger charge is 2.30. The van der Waals surface area contributed by atoms with Crippen LogP contribution in [0.5, 0.6) is 0 Å². The average molecular weight is 553 g/mol. The van der Waals surface area contributed by atoms with Crippen molar-refractivity contribution in [1.82, 2.24) is 10.2 Å². The number of aryl methyl sites for hydroxylation is 2. The molecule has 0 fully saturated rings. The maximum Gasteiger partial charge on any atom is 0.244 e. The van der Waals surface area contributed by atoms with Gasteiger partial charge in [0.15, 0.2) is 0 Å². The molecule has 0 spiro atoms. The summed E-state index contributed by atoms with van der Waals surface area (Å²) >= 11 is 3.42. The third-order valence-corrected chi connectivity index (χ3v) is 7.91. The first-order valence-electron chi connectivity index (χ1n) is 11.2. The monoisotopic (exact) mass is 551 g/mol. The van der Waals surface area contributed by atoms with Crippen molar-refractivity contribution in [2.45, 2.75) is 59.7 Å². The standard InChI is InChI=1S/C25H34BrN3O4S/c1-7-19(4)27-25(31)20(5)28(15-21-11-9-8-10-17(21)2)24(30)16-29(34(6,32)33)22-12-13-23(26)18(3)14-22/h8-14,19-20H,7,15-16H2,1-6H3,(H,27,31)/t19-,20-/m1/s1. The summed E-state index contributed by atoms with van der Waals surface area (Å²) in [6.45, 7) is 9.11. The molecule has 2 aromatic carbocycles. The number of rotatable bonds is 10. The highest BCUT2D eigenvalue weighted by atomic mass is 79.9. The molecule has 2 atom stereocenters. The SMILES string of the molecule is CC[C@@H](C)NC(=O)[C@@H](C)N(Cc1ccccc1C)C(=O)CN(c1ccc(Br)c(C)c1)S(C)(=O)=O. The van der Waals surface area contributed by atoms with Gasteiger partial charge in [0.1, 0.15) is 12.6 Å². The lowest BCUT2D eigenvalue weighted by molar-refractivity contribution is -0.139. The van der Waals surface area contributed by atoms with Gasteiger partial charge < -0.3 is 10.2 Å². The van der Waals surface area contributed by atoms with Crippen LogP contribution in [-0.4, -0.2) is 50.0 Å². The van der Waals surface area contributed by atoms with E-state index in [1.165, 1.54) is 4.90 Å². The Bertz CT molecular complexity index is 1140. The number of hydrogen-bond acceptors (Lipinski definition) is 4. The third kappa shape index (κ3) is 7.30. The Morgan fingerprint density at radius 1 is 1.06 bits per heavy atom. The van der Waals surface area contributed by atoms with Gasteiger partial charge in [0.25, 0.3) is 0 Å². The van der Waals surface area contributed by atoms with Crippen molar-refractivity contribution in [2.75, 3.05) is 17.1 Å². The highest BCUT2D eigenvalue weighted by molar-refractivity contribution is 9.10. The molecule has 0 unspecified atom stereocenters. The summed E-state index contributed by atoms with van der Waals surface area (Å²) in [6.07, 6.45) is 1.83. The molecule has 1 N–H and O–H groups in total. The second-order valence-corrected chi connectivity index (χ2v) is 11.4. The minimum Gasteiger partial charge on any atom is -0.352 e. The number of carbonyl (C=O) groups excluding carboxylic acids is 2. The number of nitrogens with one attached hydrogen (secondary N) is 1. The van der Waals surface area contributed by atoms with Crippen molar-refractivity contribution in [1.29, 1.82) is 0 Å². The fourth-order valence-electron chi connectivity index (χ4n) is 3.42. The van der Waals surface area contributed by atoms with Crippen LogP contribution < -0.4 is 9.62 Å². The van der Waals surface area contributed by atoms with Crippen molar-refractivity contribution in [3.63, 3.8) is 0 Å². The molecule has 9 heteroatoms. The van der Waals surface area contributed by atoms with Gasteiger partial charge in [0.2, 0.25) is 21.8 Å². The zero-order chi connectivity index (χ0) is 25.6. The molecular formula is C25H34BrN3O4S. The Morgan fingerprint density at radius 2 is 1.71 bits per heavy atom. The third-order valence-electron chi connectivity index (χ3n) is 5.88. The Labute approximate surface area is 211 Å². The summed E-state index contributed by atoms with van der Waals surface area (Å²) in [4.78, 5) is 27.9. The molecule has 2 rings (SSSR count). The van der Waals surface area contributed by atoms with Gasteiger partial charge in [-0.1, -0.05) is 47.1 Å². The quantitative estimate of drug-likeness (QED) is 0.480. The Morgan fingerprint density at radius 3 is 2.26 bits per heavy atom. The van der Waals surface area contributed by atoms with Crippen LogP contribution in [0.15, 0.2) is 46.9 Å². The first-order chi connectivity index (χ1) is 15.8. The largest absolute Gasteiger partial charge is 0.352 e. The van der Waals surface area contributed by atoms with E-state index in [1.807, 2.05) is 52.0 Å². The van der Waals surface area contributed by atoms with E-state index in [0.29, 0.717) is 5.69 Å². The maximum absolute atomic E-state index is 13.6. The van der Waals surface area contributed by atoms with E-state index in [-0.39, 0.29) is 18.5 Å². The van der Waals surface area contributed by atoms with Crippen LogP contribution in [0.4, 0.5) is 5.69 Å². The first-order valence-corrected chi connectivity index (χ1v) is 13.9. The van der Waals surface area contributed by atoms with Crippen LogP contribution in [0.1, 0.15) is 43.9 Å². The number of benzene rings is 2. The van der Waals surface area contributed by atoms with Gasteiger partial charge in [-0.2, -0.15) is 0 Å². The van der Waals surface area contributed by atoms with Crippen LogP contribution in [0, 0.1) is 13.8 Å². The smallest absolute Gasteiger partial charge is 0.244 e. The number of amides is 2. The first kappa shape index (κ1) is 27.9. The molecule has 186 valence electrons. The molecule has 34 heavy (non-hydrogen) atoms. The van der Waals surface area contributed by atoms with Crippen LogP contribution >= 0.6 is 15.9 Å². The zero-order valence-electron chi connectivity index (χ0n) is 20.6. The van der Waals surface area contributed by atoms with Gasteiger partial charge in [0.05, 0.1) is 11.9 Å². The number of halogens is 1. The second kappa shape index (κ2) is 11.8. The van der Waals surface area contributed by atoms with Crippen LogP contribution in [0.25, 0.3) is 0 Å². The molecule has 0 radical (unpaired) electrons. The van der Waals surface area contributed by atoms with E-state index in [1.54, 1.807) is 25.1 Å². The summed E-state index contributed by atoms with van der Waals surface area (Å²) in [7, 11) is -3.76. The summed E-state index contributed by atoms with van der Waals surface area (Å²) in [6, 6.07) is 11.9. The van der Waals surface area contributed by atoms with E-state index in [9.17, 15) is 18.0 Å². The minimum absolute atomic E-state index is 0.0383. The van der Waals surface area contributed by atoms with Crippen LogP contribution in [0.3, 0.4) is 0 Å².